The molecule has 12 heteroatoms. The van der Waals surface area contributed by atoms with Crippen molar-refractivity contribution in [3.05, 3.63) is 12.1 Å². The molecule has 120 valence electrons. The molecular formula is C10H11N3O7S2. The standard InChI is InChI=1S/C10H11N3O7S2/c11-4-2-5(21(15,16)17)3-1-6(22(18,19)20)9(13)10(14)7(3)8(4)12/h1-2,14H,11-13H2,(H,15,16,17)(H,18,19,20). The second kappa shape index (κ2) is 4.61. The van der Waals surface area contributed by atoms with Gasteiger partial charge in [0.05, 0.1) is 22.4 Å². The minimum atomic E-state index is -4.87. The van der Waals surface area contributed by atoms with E-state index >= 15 is 0 Å². The second-order valence-corrected chi connectivity index (χ2v) is 7.17. The van der Waals surface area contributed by atoms with E-state index in [4.69, 9.17) is 21.8 Å². The van der Waals surface area contributed by atoms with Crippen LogP contribution >= 0.6 is 0 Å². The number of benzene rings is 2. The molecule has 0 fully saturated rings. The summed E-state index contributed by atoms with van der Waals surface area (Å²) in [6, 6.07) is 1.45. The number of nitrogens with two attached hydrogens (primary N) is 3. The number of phenolic OH excluding ortho intramolecular Hbond substituents is 1. The Morgan fingerprint density at radius 2 is 1.32 bits per heavy atom. The summed E-state index contributed by atoms with van der Waals surface area (Å²) in [6.45, 7) is 0. The maximum atomic E-state index is 11.4. The zero-order chi connectivity index (χ0) is 17.0. The van der Waals surface area contributed by atoms with Gasteiger partial charge in [-0.05, 0) is 12.1 Å². The summed E-state index contributed by atoms with van der Waals surface area (Å²) in [4.78, 5) is -1.74. The highest BCUT2D eigenvalue weighted by Crippen LogP contribution is 2.43. The quantitative estimate of drug-likeness (QED) is 0.238. The highest BCUT2D eigenvalue weighted by molar-refractivity contribution is 7.86. The highest BCUT2D eigenvalue weighted by atomic mass is 32.2. The van der Waals surface area contributed by atoms with Crippen molar-refractivity contribution in [3.63, 3.8) is 0 Å². The van der Waals surface area contributed by atoms with Crippen LogP contribution in [-0.2, 0) is 20.2 Å². The van der Waals surface area contributed by atoms with Gasteiger partial charge in [0.1, 0.15) is 15.5 Å². The predicted molar refractivity (Wildman–Crippen MR) is 78.5 cm³/mol. The third kappa shape index (κ3) is 2.37. The van der Waals surface area contributed by atoms with Crippen LogP contribution in [-0.4, -0.2) is 31.0 Å². The first-order valence-electron chi connectivity index (χ1n) is 5.43. The zero-order valence-electron chi connectivity index (χ0n) is 10.7. The first-order chi connectivity index (χ1) is 9.85. The Hall–Kier alpha value is -2.28. The molecule has 0 unspecified atom stereocenters. The summed E-state index contributed by atoms with van der Waals surface area (Å²) in [7, 11) is -9.69. The number of rotatable bonds is 2. The van der Waals surface area contributed by atoms with Gasteiger partial charge in [0.2, 0.25) is 0 Å². The molecule has 0 amide bonds. The number of nitrogen functional groups attached to an aromatic ring is 3. The average molecular weight is 349 g/mol. The van der Waals surface area contributed by atoms with Crippen LogP contribution in [0.2, 0.25) is 0 Å². The fourth-order valence-electron chi connectivity index (χ4n) is 1.99. The van der Waals surface area contributed by atoms with Gasteiger partial charge in [0, 0.05) is 5.39 Å². The molecule has 0 saturated heterocycles. The summed E-state index contributed by atoms with van der Waals surface area (Å²) in [5.41, 5.74) is 15.3. The van der Waals surface area contributed by atoms with Crippen LogP contribution in [0.1, 0.15) is 0 Å². The van der Waals surface area contributed by atoms with Crippen LogP contribution in [0, 0.1) is 0 Å². The monoisotopic (exact) mass is 349 g/mol. The summed E-state index contributed by atoms with van der Waals surface area (Å²) < 4.78 is 63.6. The fourth-order valence-corrected chi connectivity index (χ4v) is 3.35. The van der Waals surface area contributed by atoms with Crippen molar-refractivity contribution in [3.8, 4) is 5.75 Å². The predicted octanol–water partition coefficient (Wildman–Crippen LogP) is -0.215. The molecule has 0 aliphatic heterocycles. The van der Waals surface area contributed by atoms with Crippen molar-refractivity contribution in [2.24, 2.45) is 0 Å². The number of aromatic hydroxyl groups is 1. The normalized spacial score (nSPS) is 12.6. The van der Waals surface area contributed by atoms with E-state index in [1.54, 1.807) is 0 Å². The smallest absolute Gasteiger partial charge is 0.296 e. The van der Waals surface area contributed by atoms with Gasteiger partial charge < -0.3 is 22.3 Å². The Balaban J connectivity index is 3.22. The number of fused-ring (bicyclic) bond motifs is 1. The SMILES string of the molecule is Nc1cc(S(=O)(=O)O)c2cc(S(=O)(=O)O)c(N)c(O)c2c1N. The van der Waals surface area contributed by atoms with Crippen molar-refractivity contribution >= 4 is 48.1 Å². The Labute approximate surface area is 124 Å². The van der Waals surface area contributed by atoms with Crippen molar-refractivity contribution in [1.29, 1.82) is 0 Å². The Bertz CT molecular complexity index is 1010. The molecule has 0 bridgehead atoms. The van der Waals surface area contributed by atoms with Crippen molar-refractivity contribution < 1.29 is 31.0 Å². The number of hydrogen-bond donors (Lipinski definition) is 6. The van der Waals surface area contributed by atoms with Crippen LogP contribution in [0.25, 0.3) is 10.8 Å². The van der Waals surface area contributed by atoms with Gasteiger partial charge in [-0.25, -0.2) is 0 Å². The van der Waals surface area contributed by atoms with E-state index < -0.39 is 46.9 Å². The lowest BCUT2D eigenvalue weighted by Crippen LogP contribution is -2.08. The van der Waals surface area contributed by atoms with E-state index in [2.05, 4.69) is 0 Å². The van der Waals surface area contributed by atoms with E-state index in [-0.39, 0.29) is 16.8 Å². The summed E-state index contributed by atoms with van der Waals surface area (Å²) in [5, 5.41) is 9.16. The second-order valence-electron chi connectivity index (χ2n) is 4.39. The third-order valence-corrected chi connectivity index (χ3v) is 4.78. The molecule has 0 aromatic heterocycles. The van der Waals surface area contributed by atoms with Gasteiger partial charge in [-0.1, -0.05) is 0 Å². The molecule has 2 aromatic carbocycles. The van der Waals surface area contributed by atoms with Gasteiger partial charge in [-0.15, -0.1) is 0 Å². The molecule has 0 aliphatic rings. The lowest BCUT2D eigenvalue weighted by Gasteiger charge is -2.14. The van der Waals surface area contributed by atoms with E-state index in [0.717, 1.165) is 6.07 Å². The van der Waals surface area contributed by atoms with Crippen LogP contribution < -0.4 is 17.2 Å². The molecule has 2 aromatic rings. The van der Waals surface area contributed by atoms with Gasteiger partial charge in [0.15, 0.2) is 0 Å². The Morgan fingerprint density at radius 3 is 1.77 bits per heavy atom. The Morgan fingerprint density at radius 1 is 0.818 bits per heavy atom. The van der Waals surface area contributed by atoms with Crippen LogP contribution in [0.5, 0.6) is 5.75 Å². The van der Waals surface area contributed by atoms with Crippen LogP contribution in [0.4, 0.5) is 17.1 Å². The van der Waals surface area contributed by atoms with E-state index in [1.807, 2.05) is 0 Å². The van der Waals surface area contributed by atoms with E-state index in [1.165, 1.54) is 0 Å². The van der Waals surface area contributed by atoms with Gasteiger partial charge >= 0.3 is 0 Å². The minimum absolute atomic E-state index is 0.270. The van der Waals surface area contributed by atoms with Gasteiger partial charge in [-0.3, -0.25) is 9.11 Å². The molecule has 0 saturated carbocycles. The lowest BCUT2D eigenvalue weighted by atomic mass is 10.1. The molecule has 0 radical (unpaired) electrons. The minimum Gasteiger partial charge on any atom is -0.505 e. The van der Waals surface area contributed by atoms with Gasteiger partial charge in [-0.2, -0.15) is 16.8 Å². The molecule has 0 heterocycles. The van der Waals surface area contributed by atoms with Gasteiger partial charge in [0.25, 0.3) is 20.2 Å². The zero-order valence-corrected chi connectivity index (χ0v) is 12.3. The maximum absolute atomic E-state index is 11.4. The molecule has 22 heavy (non-hydrogen) atoms. The largest absolute Gasteiger partial charge is 0.505 e. The molecule has 9 N–H and O–H groups in total. The van der Waals surface area contributed by atoms with Crippen LogP contribution in [0.15, 0.2) is 21.9 Å². The number of phenols is 1. The molecule has 0 spiro atoms. The molecule has 0 atom stereocenters. The summed E-state index contributed by atoms with van der Waals surface area (Å²) >= 11 is 0. The van der Waals surface area contributed by atoms with E-state index in [0.29, 0.717) is 6.07 Å². The summed E-state index contributed by atoms with van der Waals surface area (Å²) in [5.74, 6) is -0.889. The molecule has 0 aliphatic carbocycles. The third-order valence-electron chi connectivity index (χ3n) is 2.99. The number of anilines is 3. The topological polar surface area (TPSA) is 207 Å². The molecule has 10 nitrogen and oxygen atoms in total. The Kier molecular flexibility index (Phi) is 3.37. The first-order valence-corrected chi connectivity index (χ1v) is 8.31. The van der Waals surface area contributed by atoms with Crippen molar-refractivity contribution in [2.45, 2.75) is 9.79 Å². The summed E-state index contributed by atoms with van der Waals surface area (Å²) in [6.07, 6.45) is 0. The van der Waals surface area contributed by atoms with Crippen molar-refractivity contribution in [1.82, 2.24) is 0 Å². The molecule has 2 rings (SSSR count). The lowest BCUT2D eigenvalue weighted by molar-refractivity contribution is 0.473. The molecular weight excluding hydrogens is 338 g/mol. The van der Waals surface area contributed by atoms with Crippen LogP contribution in [0.3, 0.4) is 0 Å². The first kappa shape index (κ1) is 16.1. The van der Waals surface area contributed by atoms with Crippen molar-refractivity contribution in [2.75, 3.05) is 17.2 Å². The average Bonchev–Trinajstić information content (AvgIpc) is 2.34. The highest BCUT2D eigenvalue weighted by Gasteiger charge is 2.26. The maximum Gasteiger partial charge on any atom is 0.296 e. The fraction of sp³-hybridized carbons (Fsp3) is 0. The van der Waals surface area contributed by atoms with E-state index in [9.17, 15) is 26.5 Å². The number of hydrogen-bond acceptors (Lipinski definition) is 8.